The van der Waals surface area contributed by atoms with Crippen molar-refractivity contribution < 1.29 is 0 Å². The van der Waals surface area contributed by atoms with Crippen LogP contribution < -0.4 is 5.32 Å². The fraction of sp³-hybridized carbons (Fsp3) is 0.800. The lowest BCUT2D eigenvalue weighted by Gasteiger charge is -2.29. The van der Waals surface area contributed by atoms with Crippen molar-refractivity contribution in [2.24, 2.45) is 0 Å². The predicted molar refractivity (Wildman–Crippen MR) is 45.9 cm³/mol. The Labute approximate surface area is 68.5 Å². The molecule has 3 nitrogen and oxygen atoms in total. The van der Waals surface area contributed by atoms with E-state index in [4.69, 9.17) is 5.41 Å². The first-order valence-corrected chi connectivity index (χ1v) is 4.15. The average molecular weight is 239 g/mol. The van der Waals surface area contributed by atoms with Gasteiger partial charge in [0.15, 0.2) is 5.96 Å². The molecule has 0 bridgehead atoms. The third kappa shape index (κ3) is 1.70. The fourth-order valence-corrected chi connectivity index (χ4v) is 1.32. The highest BCUT2D eigenvalue weighted by Crippen LogP contribution is 2.07. The molecule has 1 fully saturated rings. The van der Waals surface area contributed by atoms with Gasteiger partial charge in [0.2, 0.25) is 0 Å². The Hall–Kier alpha value is 0. The monoisotopic (exact) mass is 239 g/mol. The van der Waals surface area contributed by atoms with Crippen molar-refractivity contribution in [2.75, 3.05) is 13.6 Å². The van der Waals surface area contributed by atoms with Gasteiger partial charge >= 0.3 is 0 Å². The van der Waals surface area contributed by atoms with Gasteiger partial charge in [0.25, 0.3) is 0 Å². The third-order valence-corrected chi connectivity index (χ3v) is 2.33. The summed E-state index contributed by atoms with van der Waals surface area (Å²) in [7, 11) is 1.93. The molecule has 0 aromatic heterocycles. The standard InChI is InChI=1S/C5H10IN3/c1-9-3-2-4(6)8-5(9)7/h4H,2-3H2,1H3,(H2,7,8). The molecule has 1 atom stereocenters. The van der Waals surface area contributed by atoms with Gasteiger partial charge in [-0.3, -0.25) is 5.41 Å². The van der Waals surface area contributed by atoms with Crippen molar-refractivity contribution in [2.45, 2.75) is 10.5 Å². The summed E-state index contributed by atoms with van der Waals surface area (Å²) in [4.78, 5) is 1.91. The Bertz CT molecular complexity index is 125. The first-order valence-electron chi connectivity index (χ1n) is 2.90. The quantitative estimate of drug-likeness (QED) is 0.369. The molecule has 0 spiro atoms. The first-order chi connectivity index (χ1) is 4.20. The summed E-state index contributed by atoms with van der Waals surface area (Å²) >= 11 is 2.30. The van der Waals surface area contributed by atoms with E-state index in [0.717, 1.165) is 13.0 Å². The van der Waals surface area contributed by atoms with E-state index in [9.17, 15) is 0 Å². The lowest BCUT2D eigenvalue weighted by Crippen LogP contribution is -2.47. The van der Waals surface area contributed by atoms with Crippen LogP contribution in [0.15, 0.2) is 0 Å². The van der Waals surface area contributed by atoms with Gasteiger partial charge in [-0.15, -0.1) is 0 Å². The maximum absolute atomic E-state index is 7.34. The number of nitrogens with one attached hydrogen (secondary N) is 2. The first kappa shape index (κ1) is 7.11. The molecule has 0 aromatic carbocycles. The van der Waals surface area contributed by atoms with Gasteiger partial charge in [0, 0.05) is 13.6 Å². The lowest BCUT2D eigenvalue weighted by molar-refractivity contribution is 0.420. The van der Waals surface area contributed by atoms with E-state index >= 15 is 0 Å². The fourth-order valence-electron chi connectivity index (χ4n) is 0.750. The zero-order valence-electron chi connectivity index (χ0n) is 5.32. The molecule has 4 heteroatoms. The molecule has 1 aliphatic rings. The summed E-state index contributed by atoms with van der Waals surface area (Å²) in [6, 6.07) is 0. The zero-order valence-corrected chi connectivity index (χ0v) is 7.47. The molecule has 1 aliphatic heterocycles. The van der Waals surface area contributed by atoms with E-state index in [0.29, 0.717) is 10.0 Å². The van der Waals surface area contributed by atoms with Gasteiger partial charge in [0.1, 0.15) is 0 Å². The molecule has 0 aliphatic carbocycles. The van der Waals surface area contributed by atoms with E-state index < -0.39 is 0 Å². The highest BCUT2D eigenvalue weighted by atomic mass is 127. The van der Waals surface area contributed by atoms with Crippen LogP contribution in [0.3, 0.4) is 0 Å². The summed E-state index contributed by atoms with van der Waals surface area (Å²) in [5.41, 5.74) is 0. The molecule has 0 aromatic rings. The number of nitrogens with zero attached hydrogens (tertiary/aromatic N) is 1. The number of rotatable bonds is 0. The highest BCUT2D eigenvalue weighted by Gasteiger charge is 2.15. The van der Waals surface area contributed by atoms with Crippen molar-refractivity contribution in [3.8, 4) is 0 Å². The summed E-state index contributed by atoms with van der Waals surface area (Å²) in [6.45, 7) is 0.999. The van der Waals surface area contributed by atoms with Crippen molar-refractivity contribution in [3.63, 3.8) is 0 Å². The van der Waals surface area contributed by atoms with E-state index in [1.807, 2.05) is 11.9 Å². The molecular weight excluding hydrogens is 229 g/mol. The number of alkyl halides is 1. The zero-order chi connectivity index (χ0) is 6.85. The minimum absolute atomic E-state index is 0.450. The van der Waals surface area contributed by atoms with Crippen LogP contribution in [0.1, 0.15) is 6.42 Å². The molecule has 9 heavy (non-hydrogen) atoms. The van der Waals surface area contributed by atoms with Crippen LogP contribution in [0.25, 0.3) is 0 Å². The molecule has 1 heterocycles. The second-order valence-corrected chi connectivity index (χ2v) is 3.67. The molecule has 1 saturated heterocycles. The Balaban J connectivity index is 2.44. The number of hydrogen-bond acceptors (Lipinski definition) is 1. The molecule has 52 valence electrons. The molecular formula is C5H10IN3. The van der Waals surface area contributed by atoms with Gasteiger partial charge in [-0.2, -0.15) is 0 Å². The van der Waals surface area contributed by atoms with Crippen molar-refractivity contribution >= 4 is 28.6 Å². The van der Waals surface area contributed by atoms with Crippen LogP contribution in [-0.2, 0) is 0 Å². The molecule has 0 radical (unpaired) electrons. The Morgan fingerprint density at radius 3 is 3.00 bits per heavy atom. The van der Waals surface area contributed by atoms with Crippen LogP contribution in [0, 0.1) is 5.41 Å². The Morgan fingerprint density at radius 2 is 2.56 bits per heavy atom. The van der Waals surface area contributed by atoms with E-state index in [2.05, 4.69) is 27.9 Å². The molecule has 1 unspecified atom stereocenters. The highest BCUT2D eigenvalue weighted by molar-refractivity contribution is 14.1. The molecule has 0 saturated carbocycles. The minimum atomic E-state index is 0.450. The second-order valence-electron chi connectivity index (χ2n) is 2.17. The SMILES string of the molecule is CN1CCC(I)NC1=N. The van der Waals surface area contributed by atoms with E-state index in [1.165, 1.54) is 0 Å². The van der Waals surface area contributed by atoms with E-state index in [-0.39, 0.29) is 0 Å². The Kier molecular flexibility index (Phi) is 2.15. The topological polar surface area (TPSA) is 39.1 Å². The van der Waals surface area contributed by atoms with Gasteiger partial charge in [-0.1, -0.05) is 22.6 Å². The van der Waals surface area contributed by atoms with Crippen LogP contribution in [0.2, 0.25) is 0 Å². The largest absolute Gasteiger partial charge is 0.346 e. The predicted octanol–water partition coefficient (Wildman–Crippen LogP) is 0.607. The molecule has 1 rings (SSSR count). The second kappa shape index (κ2) is 2.72. The summed E-state index contributed by atoms with van der Waals surface area (Å²) in [5.74, 6) is 0.542. The molecule has 0 amide bonds. The van der Waals surface area contributed by atoms with Gasteiger partial charge in [0.05, 0.1) is 4.05 Å². The minimum Gasteiger partial charge on any atom is -0.346 e. The van der Waals surface area contributed by atoms with Crippen LogP contribution >= 0.6 is 22.6 Å². The van der Waals surface area contributed by atoms with Crippen LogP contribution in [0.5, 0.6) is 0 Å². The third-order valence-electron chi connectivity index (χ3n) is 1.39. The van der Waals surface area contributed by atoms with Gasteiger partial charge in [-0.25, -0.2) is 0 Å². The lowest BCUT2D eigenvalue weighted by atomic mass is 10.3. The van der Waals surface area contributed by atoms with Crippen molar-refractivity contribution in [3.05, 3.63) is 0 Å². The number of halogens is 1. The van der Waals surface area contributed by atoms with Crippen LogP contribution in [-0.4, -0.2) is 28.5 Å². The van der Waals surface area contributed by atoms with Gasteiger partial charge in [-0.05, 0) is 6.42 Å². The smallest absolute Gasteiger partial charge is 0.191 e. The number of guanidine groups is 1. The normalized spacial score (nSPS) is 28.0. The van der Waals surface area contributed by atoms with E-state index in [1.54, 1.807) is 0 Å². The average Bonchev–Trinajstić information content (AvgIpc) is 1.80. The number of hydrogen-bond donors (Lipinski definition) is 2. The molecule has 2 N–H and O–H groups in total. The van der Waals surface area contributed by atoms with Gasteiger partial charge < -0.3 is 10.2 Å². The Morgan fingerprint density at radius 1 is 1.89 bits per heavy atom. The maximum Gasteiger partial charge on any atom is 0.191 e. The van der Waals surface area contributed by atoms with Crippen molar-refractivity contribution in [1.82, 2.24) is 10.2 Å². The van der Waals surface area contributed by atoms with Crippen LogP contribution in [0.4, 0.5) is 0 Å². The summed E-state index contributed by atoms with van der Waals surface area (Å²) < 4.78 is 0.450. The summed E-state index contributed by atoms with van der Waals surface area (Å²) in [5, 5.41) is 10.4. The van der Waals surface area contributed by atoms with Crippen molar-refractivity contribution in [1.29, 1.82) is 5.41 Å². The maximum atomic E-state index is 7.34. The summed E-state index contributed by atoms with van der Waals surface area (Å²) in [6.07, 6.45) is 1.12.